The van der Waals surface area contributed by atoms with Crippen LogP contribution in [0.5, 0.6) is 0 Å². The van der Waals surface area contributed by atoms with Gasteiger partial charge in [-0.2, -0.15) is 12.6 Å². The summed E-state index contributed by atoms with van der Waals surface area (Å²) in [5.41, 5.74) is 5.40. The van der Waals surface area contributed by atoms with E-state index >= 15 is 0 Å². The Labute approximate surface area is 74.6 Å². The maximum absolute atomic E-state index is 5.71. The highest BCUT2D eigenvalue weighted by Crippen LogP contribution is 2.29. The van der Waals surface area contributed by atoms with E-state index in [1.165, 1.54) is 11.3 Å². The average Bonchev–Trinajstić information content (AvgIpc) is 2.34. The van der Waals surface area contributed by atoms with Crippen molar-refractivity contribution >= 4 is 35.6 Å². The first-order valence-electron chi connectivity index (χ1n) is 2.87. The van der Waals surface area contributed by atoms with Gasteiger partial charge >= 0.3 is 0 Å². The molecule has 1 rings (SSSR count). The molecule has 0 bridgehead atoms. The first kappa shape index (κ1) is 8.40. The van der Waals surface area contributed by atoms with E-state index in [0.29, 0.717) is 6.54 Å². The van der Waals surface area contributed by atoms with Crippen LogP contribution >= 0.6 is 35.6 Å². The molecule has 4 heteroatoms. The van der Waals surface area contributed by atoms with Crippen molar-refractivity contribution in [2.24, 2.45) is 5.73 Å². The largest absolute Gasteiger partial charge is 0.329 e. The minimum atomic E-state index is 0.137. The van der Waals surface area contributed by atoms with Gasteiger partial charge in [-0.05, 0) is 12.1 Å². The molecule has 0 aromatic carbocycles. The Balaban J connectivity index is 2.74. The lowest BCUT2D eigenvalue weighted by Gasteiger charge is -2.01. The van der Waals surface area contributed by atoms with Crippen molar-refractivity contribution in [1.82, 2.24) is 0 Å². The Bertz CT molecular complexity index is 211. The van der Waals surface area contributed by atoms with Gasteiger partial charge in [-0.15, -0.1) is 11.3 Å². The standard InChI is InChI=1S/C6H8ClNS2/c7-6-2-1-5(10-6)4(9)3-8/h1-2,4,9H,3,8H2. The summed E-state index contributed by atoms with van der Waals surface area (Å²) in [6.45, 7) is 0.556. The van der Waals surface area contributed by atoms with Crippen molar-refractivity contribution in [3.63, 3.8) is 0 Å². The number of nitrogens with two attached hydrogens (primary N) is 1. The second-order valence-electron chi connectivity index (χ2n) is 1.89. The van der Waals surface area contributed by atoms with Crippen LogP contribution in [-0.4, -0.2) is 6.54 Å². The fraction of sp³-hybridized carbons (Fsp3) is 0.333. The average molecular weight is 194 g/mol. The fourth-order valence-corrected chi connectivity index (χ4v) is 1.93. The van der Waals surface area contributed by atoms with Gasteiger partial charge < -0.3 is 5.73 Å². The lowest BCUT2D eigenvalue weighted by Crippen LogP contribution is -2.04. The van der Waals surface area contributed by atoms with E-state index in [9.17, 15) is 0 Å². The second-order valence-corrected chi connectivity index (χ2v) is 4.26. The first-order valence-corrected chi connectivity index (χ1v) is 4.58. The molecular formula is C6H8ClNS2. The van der Waals surface area contributed by atoms with E-state index in [2.05, 4.69) is 12.6 Å². The van der Waals surface area contributed by atoms with E-state index in [-0.39, 0.29) is 5.25 Å². The molecule has 2 N–H and O–H groups in total. The number of halogens is 1. The van der Waals surface area contributed by atoms with Crippen LogP contribution in [0.1, 0.15) is 10.1 Å². The lowest BCUT2D eigenvalue weighted by atomic mass is 10.3. The minimum absolute atomic E-state index is 0.137. The molecule has 0 saturated carbocycles. The van der Waals surface area contributed by atoms with Crippen LogP contribution < -0.4 is 5.73 Å². The number of rotatable bonds is 2. The van der Waals surface area contributed by atoms with Crippen LogP contribution in [-0.2, 0) is 0 Å². The molecule has 0 aliphatic carbocycles. The van der Waals surface area contributed by atoms with Crippen molar-refractivity contribution in [2.45, 2.75) is 5.25 Å². The third-order valence-electron chi connectivity index (χ3n) is 1.15. The van der Waals surface area contributed by atoms with Gasteiger partial charge in [-0.3, -0.25) is 0 Å². The predicted molar refractivity (Wildman–Crippen MR) is 50.1 cm³/mol. The van der Waals surface area contributed by atoms with E-state index in [1.54, 1.807) is 0 Å². The molecule has 1 heterocycles. The van der Waals surface area contributed by atoms with Crippen LogP contribution in [0, 0.1) is 0 Å². The summed E-state index contributed by atoms with van der Waals surface area (Å²) in [4.78, 5) is 1.14. The monoisotopic (exact) mass is 193 g/mol. The van der Waals surface area contributed by atoms with Gasteiger partial charge in [-0.1, -0.05) is 11.6 Å². The summed E-state index contributed by atoms with van der Waals surface area (Å²) in [7, 11) is 0. The van der Waals surface area contributed by atoms with Crippen LogP contribution in [0.3, 0.4) is 0 Å². The van der Waals surface area contributed by atoms with Gasteiger partial charge in [0.15, 0.2) is 0 Å². The summed E-state index contributed by atoms with van der Waals surface area (Å²) >= 11 is 11.5. The van der Waals surface area contributed by atoms with E-state index in [1.807, 2.05) is 12.1 Å². The lowest BCUT2D eigenvalue weighted by molar-refractivity contribution is 0.969. The third-order valence-corrected chi connectivity index (χ3v) is 3.15. The maximum atomic E-state index is 5.71. The SMILES string of the molecule is NCC(S)c1ccc(Cl)s1. The molecule has 0 amide bonds. The zero-order chi connectivity index (χ0) is 7.56. The molecule has 1 unspecified atom stereocenters. The molecule has 0 radical (unpaired) electrons. The molecule has 1 atom stereocenters. The quantitative estimate of drug-likeness (QED) is 0.693. The maximum Gasteiger partial charge on any atom is 0.0931 e. The first-order chi connectivity index (χ1) is 4.74. The molecule has 0 fully saturated rings. The van der Waals surface area contributed by atoms with E-state index in [4.69, 9.17) is 17.3 Å². The van der Waals surface area contributed by atoms with Crippen molar-refractivity contribution in [3.8, 4) is 0 Å². The summed E-state index contributed by atoms with van der Waals surface area (Å²) in [5, 5.41) is 0.137. The number of hydrogen-bond acceptors (Lipinski definition) is 3. The zero-order valence-corrected chi connectivity index (χ0v) is 7.72. The van der Waals surface area contributed by atoms with Gasteiger partial charge in [0.25, 0.3) is 0 Å². The number of thiol groups is 1. The van der Waals surface area contributed by atoms with E-state index < -0.39 is 0 Å². The Morgan fingerprint density at radius 3 is 2.80 bits per heavy atom. The molecule has 0 aliphatic heterocycles. The van der Waals surface area contributed by atoms with Crippen LogP contribution in [0.4, 0.5) is 0 Å². The van der Waals surface area contributed by atoms with Gasteiger partial charge in [-0.25, -0.2) is 0 Å². The normalized spacial score (nSPS) is 13.5. The molecule has 1 aromatic heterocycles. The molecule has 0 spiro atoms. The zero-order valence-electron chi connectivity index (χ0n) is 5.25. The Hall–Kier alpha value is 0.300. The fourth-order valence-electron chi connectivity index (χ4n) is 0.624. The van der Waals surface area contributed by atoms with Crippen molar-refractivity contribution in [1.29, 1.82) is 0 Å². The highest BCUT2D eigenvalue weighted by molar-refractivity contribution is 7.80. The predicted octanol–water partition coefficient (Wildman–Crippen LogP) is 2.33. The summed E-state index contributed by atoms with van der Waals surface area (Å²) in [5.74, 6) is 0. The topological polar surface area (TPSA) is 26.0 Å². The molecule has 56 valence electrons. The van der Waals surface area contributed by atoms with Gasteiger partial charge in [0.05, 0.1) is 4.34 Å². The Kier molecular flexibility index (Phi) is 3.04. The molecule has 0 saturated heterocycles. The number of thiophene rings is 1. The number of hydrogen-bond donors (Lipinski definition) is 2. The van der Waals surface area contributed by atoms with E-state index in [0.717, 1.165) is 9.21 Å². The smallest absolute Gasteiger partial charge is 0.0931 e. The minimum Gasteiger partial charge on any atom is -0.329 e. The highest BCUT2D eigenvalue weighted by atomic mass is 35.5. The Morgan fingerprint density at radius 2 is 2.40 bits per heavy atom. The molecular weight excluding hydrogens is 186 g/mol. The van der Waals surface area contributed by atoms with Gasteiger partial charge in [0.2, 0.25) is 0 Å². The molecule has 0 aliphatic rings. The Morgan fingerprint density at radius 1 is 1.70 bits per heavy atom. The third kappa shape index (κ3) is 1.89. The van der Waals surface area contributed by atoms with Gasteiger partial charge in [0, 0.05) is 16.7 Å². The van der Waals surface area contributed by atoms with Crippen LogP contribution in [0.25, 0.3) is 0 Å². The van der Waals surface area contributed by atoms with Crippen LogP contribution in [0.15, 0.2) is 12.1 Å². The van der Waals surface area contributed by atoms with Crippen molar-refractivity contribution < 1.29 is 0 Å². The van der Waals surface area contributed by atoms with Crippen molar-refractivity contribution in [3.05, 3.63) is 21.3 Å². The summed E-state index contributed by atoms with van der Waals surface area (Å²) in [6.07, 6.45) is 0. The highest BCUT2D eigenvalue weighted by Gasteiger charge is 2.05. The molecule has 10 heavy (non-hydrogen) atoms. The summed E-state index contributed by atoms with van der Waals surface area (Å²) < 4.78 is 0.794. The van der Waals surface area contributed by atoms with Crippen LogP contribution in [0.2, 0.25) is 4.34 Å². The molecule has 1 aromatic rings. The second kappa shape index (κ2) is 3.62. The van der Waals surface area contributed by atoms with Gasteiger partial charge in [0.1, 0.15) is 0 Å². The van der Waals surface area contributed by atoms with Crippen molar-refractivity contribution in [2.75, 3.05) is 6.54 Å². The summed E-state index contributed by atoms with van der Waals surface area (Å²) in [6, 6.07) is 3.82. The molecule has 1 nitrogen and oxygen atoms in total.